The zero-order valence-corrected chi connectivity index (χ0v) is 11.5. The van der Waals surface area contributed by atoms with Crippen LogP contribution in [0, 0.1) is 0 Å². The Morgan fingerprint density at radius 3 is 2.67 bits per heavy atom. The number of imidazole rings is 1. The van der Waals surface area contributed by atoms with Crippen molar-refractivity contribution in [3.63, 3.8) is 0 Å². The summed E-state index contributed by atoms with van der Waals surface area (Å²) in [5, 5.41) is 0.554. The van der Waals surface area contributed by atoms with Crippen LogP contribution in [0.25, 0.3) is 28.2 Å². The highest BCUT2D eigenvalue weighted by Crippen LogP contribution is 2.19. The molecule has 21 heavy (non-hydrogen) atoms. The third-order valence-electron chi connectivity index (χ3n) is 3.28. The Bertz CT molecular complexity index is 1020. The minimum atomic E-state index is -0.331. The molecule has 1 aromatic carbocycles. The molecule has 1 N–H and O–H groups in total. The monoisotopic (exact) mass is 296 g/mol. The first-order chi connectivity index (χ1) is 10.2. The number of pyridine rings is 1. The Labute approximate surface area is 123 Å². The highest BCUT2D eigenvalue weighted by molar-refractivity contribution is 6.30. The van der Waals surface area contributed by atoms with Crippen molar-refractivity contribution < 1.29 is 0 Å². The molecule has 0 saturated heterocycles. The lowest BCUT2D eigenvalue weighted by atomic mass is 10.2. The molecule has 0 saturated carbocycles. The topological polar surface area (TPSA) is 63.1 Å². The third kappa shape index (κ3) is 1.90. The van der Waals surface area contributed by atoms with Gasteiger partial charge in [0.05, 0.1) is 5.02 Å². The Morgan fingerprint density at radius 2 is 1.86 bits per heavy atom. The lowest BCUT2D eigenvalue weighted by Gasteiger charge is -2.00. The number of hydrogen-bond donors (Lipinski definition) is 1. The minimum Gasteiger partial charge on any atom is -0.332 e. The Balaban J connectivity index is 2.11. The van der Waals surface area contributed by atoms with Gasteiger partial charge >= 0.3 is 0 Å². The highest BCUT2D eigenvalue weighted by Gasteiger charge is 2.12. The normalized spacial score (nSPS) is 11.3. The van der Waals surface area contributed by atoms with Crippen molar-refractivity contribution in [2.75, 3.05) is 0 Å². The average molecular weight is 297 g/mol. The maximum Gasteiger partial charge on any atom is 0.299 e. The van der Waals surface area contributed by atoms with E-state index in [9.17, 15) is 4.79 Å². The van der Waals surface area contributed by atoms with Gasteiger partial charge in [0.2, 0.25) is 0 Å². The Kier molecular flexibility index (Phi) is 2.55. The van der Waals surface area contributed by atoms with E-state index in [2.05, 4.69) is 15.0 Å². The molecule has 0 aliphatic carbocycles. The number of benzene rings is 1. The number of fused-ring (bicyclic) bond motifs is 3. The fourth-order valence-electron chi connectivity index (χ4n) is 2.31. The number of hydrogen-bond acceptors (Lipinski definition) is 3. The van der Waals surface area contributed by atoms with Crippen molar-refractivity contribution in [1.82, 2.24) is 19.4 Å². The smallest absolute Gasteiger partial charge is 0.299 e. The maximum atomic E-state index is 12.1. The summed E-state index contributed by atoms with van der Waals surface area (Å²) in [5.74, 6) is 0.629. The van der Waals surface area contributed by atoms with Crippen LogP contribution in [-0.2, 0) is 0 Å². The second-order valence-corrected chi connectivity index (χ2v) is 5.08. The summed E-state index contributed by atoms with van der Waals surface area (Å²) in [6, 6.07) is 13.0. The standard InChI is InChI=1S/C15H9ClN4O/c16-10-6-7-11-17-15(21)12-14(20(11)8-10)19-13(18-12)9-4-2-1-3-5-9/h1-8H,(H,18,19). The first kappa shape index (κ1) is 12.1. The van der Waals surface area contributed by atoms with E-state index >= 15 is 0 Å². The first-order valence-corrected chi connectivity index (χ1v) is 6.73. The quantitative estimate of drug-likeness (QED) is 0.587. The van der Waals surface area contributed by atoms with Gasteiger partial charge in [-0.15, -0.1) is 0 Å². The van der Waals surface area contributed by atoms with E-state index in [1.54, 1.807) is 22.7 Å². The van der Waals surface area contributed by atoms with Crippen LogP contribution in [-0.4, -0.2) is 19.4 Å². The van der Waals surface area contributed by atoms with E-state index in [1.165, 1.54) is 0 Å². The van der Waals surface area contributed by atoms with E-state index in [1.807, 2.05) is 30.3 Å². The predicted molar refractivity (Wildman–Crippen MR) is 81.6 cm³/mol. The largest absolute Gasteiger partial charge is 0.332 e. The summed E-state index contributed by atoms with van der Waals surface area (Å²) in [6.07, 6.45) is 1.70. The van der Waals surface area contributed by atoms with Crippen LogP contribution < -0.4 is 5.56 Å². The van der Waals surface area contributed by atoms with Gasteiger partial charge in [0.15, 0.2) is 11.2 Å². The molecule has 0 aliphatic rings. The minimum absolute atomic E-state index is 0.331. The van der Waals surface area contributed by atoms with Gasteiger partial charge in [0.1, 0.15) is 11.5 Å². The molecule has 5 nitrogen and oxygen atoms in total. The summed E-state index contributed by atoms with van der Waals surface area (Å²) in [4.78, 5) is 23.7. The van der Waals surface area contributed by atoms with Gasteiger partial charge in [-0.25, -0.2) is 4.98 Å². The summed E-state index contributed by atoms with van der Waals surface area (Å²) in [5.41, 5.74) is 1.98. The predicted octanol–water partition coefficient (Wildman–Crippen LogP) is 2.89. The molecule has 4 aromatic rings. The first-order valence-electron chi connectivity index (χ1n) is 6.35. The number of halogens is 1. The molecule has 0 unspecified atom stereocenters. The van der Waals surface area contributed by atoms with Crippen LogP contribution in [0.5, 0.6) is 0 Å². The Hall–Kier alpha value is -2.66. The molecule has 0 aliphatic heterocycles. The van der Waals surface area contributed by atoms with Crippen molar-refractivity contribution in [1.29, 1.82) is 0 Å². The highest BCUT2D eigenvalue weighted by atomic mass is 35.5. The third-order valence-corrected chi connectivity index (χ3v) is 3.50. The molecule has 4 rings (SSSR count). The molecule has 0 amide bonds. The summed E-state index contributed by atoms with van der Waals surface area (Å²) < 4.78 is 1.71. The van der Waals surface area contributed by atoms with E-state index in [-0.39, 0.29) is 5.56 Å². The van der Waals surface area contributed by atoms with Crippen molar-refractivity contribution >= 4 is 28.4 Å². The molecular weight excluding hydrogens is 288 g/mol. The van der Waals surface area contributed by atoms with E-state index in [0.29, 0.717) is 27.7 Å². The summed E-state index contributed by atoms with van der Waals surface area (Å²) in [7, 11) is 0. The fourth-order valence-corrected chi connectivity index (χ4v) is 2.47. The molecule has 0 radical (unpaired) electrons. The molecule has 3 aromatic heterocycles. The number of H-pyrrole nitrogens is 1. The summed E-state index contributed by atoms with van der Waals surface area (Å²) in [6.45, 7) is 0. The lowest BCUT2D eigenvalue weighted by Crippen LogP contribution is -2.10. The van der Waals surface area contributed by atoms with Crippen LogP contribution in [0.3, 0.4) is 0 Å². The fraction of sp³-hybridized carbons (Fsp3) is 0. The van der Waals surface area contributed by atoms with Crippen LogP contribution in [0.1, 0.15) is 0 Å². The van der Waals surface area contributed by atoms with Gasteiger partial charge in [-0.1, -0.05) is 41.9 Å². The SMILES string of the molecule is O=c1nc2ccc(Cl)cn2c2nc(-c3ccccc3)[nH]c12. The number of rotatable bonds is 1. The second-order valence-electron chi connectivity index (χ2n) is 4.64. The second kappa shape index (κ2) is 4.43. The molecule has 0 bridgehead atoms. The van der Waals surface area contributed by atoms with Crippen molar-refractivity contribution in [3.8, 4) is 11.4 Å². The van der Waals surface area contributed by atoms with E-state index in [0.717, 1.165) is 5.56 Å². The number of nitrogens with zero attached hydrogens (tertiary/aromatic N) is 3. The van der Waals surface area contributed by atoms with Crippen molar-refractivity contribution in [2.45, 2.75) is 0 Å². The van der Waals surface area contributed by atoms with Crippen LogP contribution in [0.4, 0.5) is 0 Å². The van der Waals surface area contributed by atoms with Crippen molar-refractivity contribution in [2.24, 2.45) is 0 Å². The van der Waals surface area contributed by atoms with Crippen LogP contribution in [0.2, 0.25) is 5.02 Å². The Morgan fingerprint density at radius 1 is 1.05 bits per heavy atom. The molecule has 0 fully saturated rings. The van der Waals surface area contributed by atoms with Gasteiger partial charge in [0.25, 0.3) is 5.56 Å². The summed E-state index contributed by atoms with van der Waals surface area (Å²) >= 11 is 6.02. The lowest BCUT2D eigenvalue weighted by molar-refractivity contribution is 1.11. The molecule has 102 valence electrons. The molecule has 0 atom stereocenters. The molecule has 0 spiro atoms. The molecular formula is C15H9ClN4O. The van der Waals surface area contributed by atoms with Gasteiger partial charge < -0.3 is 4.98 Å². The average Bonchev–Trinajstić information content (AvgIpc) is 2.95. The van der Waals surface area contributed by atoms with Crippen LogP contribution >= 0.6 is 11.6 Å². The molecule has 6 heteroatoms. The van der Waals surface area contributed by atoms with Gasteiger partial charge in [0, 0.05) is 11.8 Å². The number of aromatic nitrogens is 4. The van der Waals surface area contributed by atoms with E-state index < -0.39 is 0 Å². The number of nitrogens with one attached hydrogen (secondary N) is 1. The van der Waals surface area contributed by atoms with Gasteiger partial charge in [-0.2, -0.15) is 4.98 Å². The van der Waals surface area contributed by atoms with E-state index in [4.69, 9.17) is 11.6 Å². The zero-order chi connectivity index (χ0) is 14.4. The van der Waals surface area contributed by atoms with Gasteiger partial charge in [-0.05, 0) is 12.1 Å². The van der Waals surface area contributed by atoms with Gasteiger partial charge in [-0.3, -0.25) is 9.20 Å². The maximum absolute atomic E-state index is 12.1. The van der Waals surface area contributed by atoms with Crippen LogP contribution in [0.15, 0.2) is 53.5 Å². The zero-order valence-electron chi connectivity index (χ0n) is 10.7. The van der Waals surface area contributed by atoms with Crippen molar-refractivity contribution in [3.05, 3.63) is 64.0 Å². The number of aromatic amines is 1. The molecule has 3 heterocycles.